The summed E-state index contributed by atoms with van der Waals surface area (Å²) in [5.41, 5.74) is 5.88. The van der Waals surface area contributed by atoms with E-state index in [1.54, 1.807) is 0 Å². The Morgan fingerprint density at radius 1 is 1.41 bits per heavy atom. The quantitative estimate of drug-likeness (QED) is 0.749. The lowest BCUT2D eigenvalue weighted by Crippen LogP contribution is -2.39. The molecule has 1 heterocycles. The fourth-order valence-corrected chi connectivity index (χ4v) is 2.05. The summed E-state index contributed by atoms with van der Waals surface area (Å²) in [5, 5.41) is 3.02. The van der Waals surface area contributed by atoms with Crippen LogP contribution in [-0.2, 0) is 4.79 Å². The van der Waals surface area contributed by atoms with Gasteiger partial charge in [0.2, 0.25) is 5.91 Å². The normalized spacial score (nSPS) is 20.5. The highest BCUT2D eigenvalue weighted by atomic mass is 16.1. The van der Waals surface area contributed by atoms with Gasteiger partial charge in [0, 0.05) is 19.0 Å². The maximum atomic E-state index is 11.7. The first kappa shape index (κ1) is 14.5. The molecule has 0 aromatic carbocycles. The van der Waals surface area contributed by atoms with E-state index in [-0.39, 0.29) is 11.9 Å². The lowest BCUT2D eigenvalue weighted by atomic mass is 9.97. The Morgan fingerprint density at radius 2 is 2.00 bits per heavy atom. The Hall–Kier alpha value is -0.610. The highest BCUT2D eigenvalue weighted by Crippen LogP contribution is 2.14. The maximum absolute atomic E-state index is 11.7. The van der Waals surface area contributed by atoms with E-state index in [0.29, 0.717) is 18.3 Å². The van der Waals surface area contributed by atoms with Gasteiger partial charge in [-0.05, 0) is 44.8 Å². The molecule has 1 fully saturated rings. The van der Waals surface area contributed by atoms with E-state index in [2.05, 4.69) is 31.1 Å². The molecule has 0 aromatic heterocycles. The Kier molecular flexibility index (Phi) is 5.92. The summed E-state index contributed by atoms with van der Waals surface area (Å²) < 4.78 is 0. The van der Waals surface area contributed by atoms with Crippen molar-refractivity contribution in [3.63, 3.8) is 0 Å². The standard InChI is InChI=1S/C13H27N3O/c1-10(2)12(14)8-13(17)15-9-11-4-6-16(3)7-5-11/h10-12H,4-9,14H2,1-3H3,(H,15,17). The van der Waals surface area contributed by atoms with Gasteiger partial charge in [-0.2, -0.15) is 0 Å². The average molecular weight is 241 g/mol. The first-order valence-electron chi connectivity index (χ1n) is 6.70. The monoisotopic (exact) mass is 241 g/mol. The molecular weight excluding hydrogens is 214 g/mol. The van der Waals surface area contributed by atoms with Crippen molar-refractivity contribution in [1.29, 1.82) is 0 Å². The molecule has 1 atom stereocenters. The minimum Gasteiger partial charge on any atom is -0.356 e. The minimum absolute atomic E-state index is 0.0208. The summed E-state index contributed by atoms with van der Waals surface area (Å²) in [6.07, 6.45) is 2.82. The van der Waals surface area contributed by atoms with Gasteiger partial charge in [0.15, 0.2) is 0 Å². The third kappa shape index (κ3) is 5.50. The van der Waals surface area contributed by atoms with Gasteiger partial charge in [-0.15, -0.1) is 0 Å². The lowest BCUT2D eigenvalue weighted by Gasteiger charge is -2.29. The molecule has 1 unspecified atom stereocenters. The number of nitrogens with zero attached hydrogens (tertiary/aromatic N) is 1. The van der Waals surface area contributed by atoms with Crippen LogP contribution in [-0.4, -0.2) is 43.5 Å². The number of piperidine rings is 1. The van der Waals surface area contributed by atoms with Crippen LogP contribution in [0.3, 0.4) is 0 Å². The number of carbonyl (C=O) groups is 1. The number of carbonyl (C=O) groups excluding carboxylic acids is 1. The Bertz CT molecular complexity index is 235. The second kappa shape index (κ2) is 6.97. The van der Waals surface area contributed by atoms with Gasteiger partial charge < -0.3 is 16.0 Å². The number of hydrogen-bond donors (Lipinski definition) is 2. The highest BCUT2D eigenvalue weighted by Gasteiger charge is 2.18. The minimum atomic E-state index is -0.0208. The van der Waals surface area contributed by atoms with Crippen LogP contribution in [0.25, 0.3) is 0 Å². The van der Waals surface area contributed by atoms with Crippen molar-refractivity contribution in [1.82, 2.24) is 10.2 Å². The largest absolute Gasteiger partial charge is 0.356 e. The Morgan fingerprint density at radius 3 is 2.53 bits per heavy atom. The topological polar surface area (TPSA) is 58.4 Å². The third-order valence-corrected chi connectivity index (χ3v) is 3.70. The van der Waals surface area contributed by atoms with Crippen molar-refractivity contribution >= 4 is 5.91 Å². The molecule has 4 nitrogen and oxygen atoms in total. The highest BCUT2D eigenvalue weighted by molar-refractivity contribution is 5.76. The molecule has 0 aromatic rings. The Balaban J connectivity index is 2.15. The fourth-order valence-electron chi connectivity index (χ4n) is 2.05. The van der Waals surface area contributed by atoms with Crippen molar-refractivity contribution in [2.75, 3.05) is 26.7 Å². The molecule has 100 valence electrons. The third-order valence-electron chi connectivity index (χ3n) is 3.70. The molecule has 0 saturated carbocycles. The Labute approximate surface area is 105 Å². The smallest absolute Gasteiger partial charge is 0.221 e. The molecule has 0 aliphatic carbocycles. The van der Waals surface area contributed by atoms with Crippen molar-refractivity contribution < 1.29 is 4.79 Å². The number of nitrogens with two attached hydrogens (primary N) is 1. The molecule has 0 spiro atoms. The summed E-state index contributed by atoms with van der Waals surface area (Å²) in [5.74, 6) is 1.11. The molecule has 1 aliphatic rings. The van der Waals surface area contributed by atoms with Gasteiger partial charge in [0.1, 0.15) is 0 Å². The van der Waals surface area contributed by atoms with Gasteiger partial charge in [-0.25, -0.2) is 0 Å². The zero-order valence-corrected chi connectivity index (χ0v) is 11.4. The van der Waals surface area contributed by atoms with E-state index in [1.165, 1.54) is 12.8 Å². The molecule has 1 aliphatic heterocycles. The number of likely N-dealkylation sites (tertiary alicyclic amines) is 1. The molecule has 4 heteroatoms. The number of amides is 1. The summed E-state index contributed by atoms with van der Waals surface area (Å²) in [6.45, 7) is 7.21. The summed E-state index contributed by atoms with van der Waals surface area (Å²) in [4.78, 5) is 14.0. The van der Waals surface area contributed by atoms with Gasteiger partial charge in [-0.3, -0.25) is 4.79 Å². The molecule has 1 amide bonds. The van der Waals surface area contributed by atoms with E-state index < -0.39 is 0 Å². The second-order valence-electron chi connectivity index (χ2n) is 5.66. The first-order valence-corrected chi connectivity index (χ1v) is 6.70. The van der Waals surface area contributed by atoms with Crippen molar-refractivity contribution in [3.05, 3.63) is 0 Å². The summed E-state index contributed by atoms with van der Waals surface area (Å²) >= 11 is 0. The maximum Gasteiger partial charge on any atom is 0.221 e. The van der Waals surface area contributed by atoms with Crippen LogP contribution in [0, 0.1) is 11.8 Å². The van der Waals surface area contributed by atoms with Crippen LogP contribution in [0.4, 0.5) is 0 Å². The zero-order valence-electron chi connectivity index (χ0n) is 11.4. The van der Waals surface area contributed by atoms with Gasteiger partial charge in [-0.1, -0.05) is 13.8 Å². The van der Waals surface area contributed by atoms with Crippen molar-refractivity contribution in [2.45, 2.75) is 39.2 Å². The van der Waals surface area contributed by atoms with Crippen LogP contribution in [0.2, 0.25) is 0 Å². The number of rotatable bonds is 5. The first-order chi connectivity index (χ1) is 7.99. The lowest BCUT2D eigenvalue weighted by molar-refractivity contribution is -0.121. The zero-order chi connectivity index (χ0) is 12.8. The molecule has 3 N–H and O–H groups in total. The molecular formula is C13H27N3O. The van der Waals surface area contributed by atoms with Gasteiger partial charge in [0.25, 0.3) is 0 Å². The van der Waals surface area contributed by atoms with Gasteiger partial charge in [0.05, 0.1) is 0 Å². The second-order valence-corrected chi connectivity index (χ2v) is 5.66. The van der Waals surface area contributed by atoms with E-state index >= 15 is 0 Å². The molecule has 0 bridgehead atoms. The van der Waals surface area contributed by atoms with E-state index in [0.717, 1.165) is 19.6 Å². The predicted octanol–water partition coefficient (Wildman–Crippen LogP) is 0.818. The molecule has 0 radical (unpaired) electrons. The van der Waals surface area contributed by atoms with E-state index in [1.807, 2.05) is 0 Å². The van der Waals surface area contributed by atoms with Crippen LogP contribution < -0.4 is 11.1 Å². The molecule has 17 heavy (non-hydrogen) atoms. The van der Waals surface area contributed by atoms with Crippen molar-refractivity contribution in [3.8, 4) is 0 Å². The van der Waals surface area contributed by atoms with E-state index in [4.69, 9.17) is 5.73 Å². The average Bonchev–Trinajstić information content (AvgIpc) is 2.28. The van der Waals surface area contributed by atoms with Crippen LogP contribution in [0.5, 0.6) is 0 Å². The van der Waals surface area contributed by atoms with Gasteiger partial charge >= 0.3 is 0 Å². The van der Waals surface area contributed by atoms with Crippen molar-refractivity contribution in [2.24, 2.45) is 17.6 Å². The molecule has 1 saturated heterocycles. The SMILES string of the molecule is CC(C)C(N)CC(=O)NCC1CCN(C)CC1. The summed E-state index contributed by atoms with van der Waals surface area (Å²) in [6, 6.07) is -0.0208. The number of nitrogens with one attached hydrogen (secondary N) is 1. The predicted molar refractivity (Wildman–Crippen MR) is 70.7 cm³/mol. The van der Waals surface area contributed by atoms with Crippen LogP contribution in [0.1, 0.15) is 33.1 Å². The van der Waals surface area contributed by atoms with E-state index in [9.17, 15) is 4.79 Å². The summed E-state index contributed by atoms with van der Waals surface area (Å²) in [7, 11) is 2.15. The van der Waals surface area contributed by atoms with Crippen LogP contribution >= 0.6 is 0 Å². The number of hydrogen-bond acceptors (Lipinski definition) is 3. The fraction of sp³-hybridized carbons (Fsp3) is 0.923. The van der Waals surface area contributed by atoms with Crippen LogP contribution in [0.15, 0.2) is 0 Å². The molecule has 1 rings (SSSR count).